The minimum absolute atomic E-state index is 0.231. The van der Waals surface area contributed by atoms with Crippen molar-refractivity contribution in [1.82, 2.24) is 19.5 Å². The van der Waals surface area contributed by atoms with Gasteiger partial charge in [-0.05, 0) is 22.4 Å². The van der Waals surface area contributed by atoms with Crippen molar-refractivity contribution in [2.24, 2.45) is 0 Å². The molecule has 1 atom stereocenters. The number of hydrogen-bond donors (Lipinski definition) is 2. The Hall–Kier alpha value is -1.70. The lowest BCUT2D eigenvalue weighted by molar-refractivity contribution is -0.140. The molecule has 0 aliphatic rings. The summed E-state index contributed by atoms with van der Waals surface area (Å²) in [6.07, 6.45) is 1.71. The number of carboxylic acids is 1. The number of carboxylic acid groups (broad SMARTS) is 1. The minimum Gasteiger partial charge on any atom is -0.480 e. The van der Waals surface area contributed by atoms with E-state index in [1.165, 1.54) is 10.9 Å². The zero-order valence-corrected chi connectivity index (χ0v) is 10.5. The van der Waals surface area contributed by atoms with Gasteiger partial charge in [0.2, 0.25) is 0 Å². The van der Waals surface area contributed by atoms with Crippen LogP contribution in [0.4, 0.5) is 5.82 Å². The third-order valence-electron chi connectivity index (χ3n) is 2.45. The van der Waals surface area contributed by atoms with Crippen LogP contribution in [-0.2, 0) is 4.79 Å². The van der Waals surface area contributed by atoms with Crippen molar-refractivity contribution in [1.29, 1.82) is 0 Å². The van der Waals surface area contributed by atoms with Crippen molar-refractivity contribution >= 4 is 38.9 Å². The fraction of sp³-hybridized carbons (Fsp3) is 0.333. The maximum absolute atomic E-state index is 11.2. The van der Waals surface area contributed by atoms with E-state index >= 15 is 0 Å². The molecular weight excluding hydrogens is 290 g/mol. The summed E-state index contributed by atoms with van der Waals surface area (Å²) < 4.78 is 1.88. The lowest BCUT2D eigenvalue weighted by Crippen LogP contribution is -2.18. The Balaban J connectivity index is 2.72. The number of nitrogens with two attached hydrogens (primary N) is 1. The zero-order chi connectivity index (χ0) is 12.6. The fourth-order valence-corrected chi connectivity index (χ4v) is 2.24. The van der Waals surface area contributed by atoms with Gasteiger partial charge in [-0.25, -0.2) is 19.7 Å². The molecule has 0 saturated heterocycles. The molecule has 90 valence electrons. The van der Waals surface area contributed by atoms with Crippen molar-refractivity contribution < 1.29 is 9.90 Å². The van der Waals surface area contributed by atoms with Gasteiger partial charge >= 0.3 is 5.97 Å². The second kappa shape index (κ2) is 4.28. The Morgan fingerprint density at radius 1 is 1.65 bits per heavy atom. The van der Waals surface area contributed by atoms with Gasteiger partial charge in [0.15, 0.2) is 21.7 Å². The highest BCUT2D eigenvalue weighted by Crippen LogP contribution is 2.27. The van der Waals surface area contributed by atoms with Crippen LogP contribution < -0.4 is 5.73 Å². The fourth-order valence-electron chi connectivity index (χ4n) is 1.64. The Bertz CT molecular complexity index is 582. The van der Waals surface area contributed by atoms with Gasteiger partial charge in [0.1, 0.15) is 12.4 Å². The maximum Gasteiger partial charge on any atom is 0.326 e. The highest BCUT2D eigenvalue weighted by molar-refractivity contribution is 9.10. The summed E-state index contributed by atoms with van der Waals surface area (Å²) in [5.41, 5.74) is 6.48. The molecule has 0 unspecified atom stereocenters. The number of nitrogen functional groups attached to an aromatic ring is 1. The Morgan fingerprint density at radius 2 is 2.35 bits per heavy atom. The van der Waals surface area contributed by atoms with Gasteiger partial charge in [-0.3, -0.25) is 4.57 Å². The van der Waals surface area contributed by atoms with E-state index in [0.717, 1.165) is 0 Å². The van der Waals surface area contributed by atoms with Gasteiger partial charge in [0, 0.05) is 0 Å². The van der Waals surface area contributed by atoms with Crippen molar-refractivity contribution in [3.05, 3.63) is 11.1 Å². The molecule has 0 amide bonds. The number of halogens is 1. The molecule has 0 radical (unpaired) electrons. The van der Waals surface area contributed by atoms with E-state index in [2.05, 4.69) is 30.9 Å². The predicted octanol–water partition coefficient (Wildman–Crippen LogP) is 1.21. The van der Waals surface area contributed by atoms with E-state index in [1.807, 2.05) is 0 Å². The van der Waals surface area contributed by atoms with E-state index in [1.54, 1.807) is 6.92 Å². The van der Waals surface area contributed by atoms with Gasteiger partial charge < -0.3 is 10.8 Å². The monoisotopic (exact) mass is 299 g/mol. The first-order valence-electron chi connectivity index (χ1n) is 4.93. The topological polar surface area (TPSA) is 107 Å². The molecule has 17 heavy (non-hydrogen) atoms. The summed E-state index contributed by atoms with van der Waals surface area (Å²) in [5.74, 6) is -0.709. The van der Waals surface area contributed by atoms with Crippen molar-refractivity contribution in [2.75, 3.05) is 5.73 Å². The number of imidazole rings is 1. The first-order chi connectivity index (χ1) is 8.06. The molecule has 0 fully saturated rings. The van der Waals surface area contributed by atoms with Crippen LogP contribution in [0.15, 0.2) is 11.1 Å². The number of carbonyl (C=O) groups is 1. The first kappa shape index (κ1) is 11.8. The lowest BCUT2D eigenvalue weighted by atomic mass is 10.2. The van der Waals surface area contributed by atoms with Gasteiger partial charge in [-0.15, -0.1) is 0 Å². The summed E-state index contributed by atoms with van der Waals surface area (Å²) in [5, 5.41) is 9.15. The van der Waals surface area contributed by atoms with Crippen LogP contribution in [0.25, 0.3) is 11.2 Å². The summed E-state index contributed by atoms with van der Waals surface area (Å²) in [7, 11) is 0. The smallest absolute Gasteiger partial charge is 0.326 e. The van der Waals surface area contributed by atoms with Crippen molar-refractivity contribution in [2.45, 2.75) is 19.4 Å². The summed E-state index contributed by atoms with van der Waals surface area (Å²) in [4.78, 5) is 23.1. The summed E-state index contributed by atoms with van der Waals surface area (Å²) in [6, 6.07) is -0.733. The number of rotatable bonds is 3. The first-order valence-corrected chi connectivity index (χ1v) is 5.72. The minimum atomic E-state index is -0.940. The highest BCUT2D eigenvalue weighted by Gasteiger charge is 2.24. The van der Waals surface area contributed by atoms with E-state index < -0.39 is 12.0 Å². The van der Waals surface area contributed by atoms with E-state index in [0.29, 0.717) is 22.3 Å². The van der Waals surface area contributed by atoms with Crippen LogP contribution in [0, 0.1) is 0 Å². The number of anilines is 1. The maximum atomic E-state index is 11.2. The molecule has 2 heterocycles. The van der Waals surface area contributed by atoms with Crippen LogP contribution in [0.3, 0.4) is 0 Å². The molecular formula is C9H10BrN5O2. The van der Waals surface area contributed by atoms with Crippen LogP contribution in [0.5, 0.6) is 0 Å². The van der Waals surface area contributed by atoms with Crippen LogP contribution in [-0.4, -0.2) is 30.6 Å². The lowest BCUT2D eigenvalue weighted by Gasteiger charge is -2.12. The number of nitrogens with zero attached hydrogens (tertiary/aromatic N) is 4. The zero-order valence-electron chi connectivity index (χ0n) is 8.96. The Labute approximate surface area is 105 Å². The van der Waals surface area contributed by atoms with E-state index in [4.69, 9.17) is 10.8 Å². The molecule has 0 spiro atoms. The molecule has 0 bridgehead atoms. The average Bonchev–Trinajstić information content (AvgIpc) is 2.59. The molecule has 0 aromatic carbocycles. The normalized spacial score (nSPS) is 12.8. The average molecular weight is 300 g/mol. The third-order valence-corrected chi connectivity index (χ3v) is 3.01. The third kappa shape index (κ3) is 1.84. The molecule has 0 aliphatic heterocycles. The van der Waals surface area contributed by atoms with Crippen LogP contribution >= 0.6 is 15.9 Å². The Kier molecular flexibility index (Phi) is 2.97. The summed E-state index contributed by atoms with van der Waals surface area (Å²) in [6.45, 7) is 1.78. The summed E-state index contributed by atoms with van der Waals surface area (Å²) >= 11 is 3.22. The predicted molar refractivity (Wildman–Crippen MR) is 64.4 cm³/mol. The van der Waals surface area contributed by atoms with Crippen molar-refractivity contribution in [3.8, 4) is 0 Å². The number of aromatic nitrogens is 4. The van der Waals surface area contributed by atoms with Gasteiger partial charge in [0.25, 0.3) is 0 Å². The molecule has 8 heteroatoms. The SMILES string of the molecule is CC[C@H](C(=O)O)n1c(Br)nc2c(N)ncnc21. The quantitative estimate of drug-likeness (QED) is 0.825. The van der Waals surface area contributed by atoms with Crippen LogP contribution in [0.2, 0.25) is 0 Å². The molecule has 2 rings (SSSR count). The second-order valence-corrected chi connectivity index (χ2v) is 4.15. The van der Waals surface area contributed by atoms with Crippen molar-refractivity contribution in [3.63, 3.8) is 0 Å². The molecule has 2 aromatic heterocycles. The Morgan fingerprint density at radius 3 is 2.94 bits per heavy atom. The molecule has 2 aromatic rings. The molecule has 3 N–H and O–H groups in total. The largest absolute Gasteiger partial charge is 0.480 e. The van der Waals surface area contributed by atoms with E-state index in [9.17, 15) is 4.79 Å². The standard InChI is InChI=1S/C9H10BrN5O2/c1-2-4(8(16)17)15-7-5(14-9(15)10)6(11)12-3-13-7/h3-4H,2H2,1H3,(H,16,17)(H2,11,12,13)/t4-/m1/s1. The van der Waals surface area contributed by atoms with Gasteiger partial charge in [-0.1, -0.05) is 6.92 Å². The number of hydrogen-bond acceptors (Lipinski definition) is 5. The molecule has 7 nitrogen and oxygen atoms in total. The second-order valence-electron chi connectivity index (χ2n) is 3.44. The number of aliphatic carboxylic acids is 1. The van der Waals surface area contributed by atoms with Crippen LogP contribution in [0.1, 0.15) is 19.4 Å². The molecule has 0 aliphatic carbocycles. The number of fused-ring (bicyclic) bond motifs is 1. The molecule has 0 saturated carbocycles. The van der Waals surface area contributed by atoms with Gasteiger partial charge in [0.05, 0.1) is 0 Å². The highest BCUT2D eigenvalue weighted by atomic mass is 79.9. The van der Waals surface area contributed by atoms with E-state index in [-0.39, 0.29) is 5.82 Å². The van der Waals surface area contributed by atoms with Gasteiger partial charge in [-0.2, -0.15) is 0 Å².